The highest BCUT2D eigenvalue weighted by atomic mass is 35.5. The summed E-state index contributed by atoms with van der Waals surface area (Å²) in [6.07, 6.45) is 2.54. The minimum Gasteiger partial charge on any atom is -0.381 e. The fraction of sp³-hybridized carbons (Fsp3) is 0.417. The predicted molar refractivity (Wildman–Crippen MR) is 61.5 cm³/mol. The van der Waals surface area contributed by atoms with Gasteiger partial charge in [-0.15, -0.1) is 0 Å². The van der Waals surface area contributed by atoms with Crippen LogP contribution < -0.4 is 0 Å². The van der Waals surface area contributed by atoms with Crippen molar-refractivity contribution in [1.29, 1.82) is 0 Å². The van der Waals surface area contributed by atoms with Crippen molar-refractivity contribution >= 4 is 17.7 Å². The Kier molecular flexibility index (Phi) is 3.73. The van der Waals surface area contributed by atoms with Crippen LogP contribution in [0.2, 0.25) is 5.02 Å². The fourth-order valence-corrected chi connectivity index (χ4v) is 2.26. The molecule has 2 rings (SSSR count). The van der Waals surface area contributed by atoms with E-state index in [1.165, 1.54) is 6.08 Å². The Morgan fingerprint density at radius 2 is 2.44 bits per heavy atom. The van der Waals surface area contributed by atoms with Gasteiger partial charge in [0.15, 0.2) is 0 Å². The van der Waals surface area contributed by atoms with E-state index >= 15 is 0 Å². The van der Waals surface area contributed by atoms with E-state index in [-0.39, 0.29) is 0 Å². The van der Waals surface area contributed by atoms with Gasteiger partial charge in [0.05, 0.1) is 13.2 Å². The van der Waals surface area contributed by atoms with Gasteiger partial charge in [-0.05, 0) is 23.6 Å². The summed E-state index contributed by atoms with van der Waals surface area (Å²) < 4.78 is 5.33. The molecular weight excluding hydrogens is 226 g/mol. The standard InChI is InChI=1S/C12H12ClNO2/c13-12-5-9(6-14-8-15)1-2-11(12)10-3-4-16-7-10/h1-2,5,10H,3-4,6-7H2. The number of carbonyl (C=O) groups excluding carboxylic acids is 1. The lowest BCUT2D eigenvalue weighted by atomic mass is 9.97. The van der Waals surface area contributed by atoms with Gasteiger partial charge in [-0.1, -0.05) is 23.7 Å². The number of isocyanates is 1. The fourth-order valence-electron chi connectivity index (χ4n) is 1.90. The van der Waals surface area contributed by atoms with E-state index in [1.807, 2.05) is 18.2 Å². The number of aliphatic imine (C=N–C) groups is 1. The highest BCUT2D eigenvalue weighted by Gasteiger charge is 2.19. The van der Waals surface area contributed by atoms with Crippen LogP contribution in [0.4, 0.5) is 0 Å². The van der Waals surface area contributed by atoms with Gasteiger partial charge in [0, 0.05) is 17.5 Å². The largest absolute Gasteiger partial charge is 0.381 e. The van der Waals surface area contributed by atoms with Crippen LogP contribution in [0, 0.1) is 0 Å². The van der Waals surface area contributed by atoms with Crippen LogP contribution in [0.25, 0.3) is 0 Å². The van der Waals surface area contributed by atoms with Gasteiger partial charge in [0.1, 0.15) is 0 Å². The first-order chi connectivity index (χ1) is 7.81. The van der Waals surface area contributed by atoms with Crippen LogP contribution in [0.5, 0.6) is 0 Å². The summed E-state index contributed by atoms with van der Waals surface area (Å²) in [4.78, 5) is 13.5. The zero-order valence-corrected chi connectivity index (χ0v) is 9.54. The van der Waals surface area contributed by atoms with Crippen molar-refractivity contribution in [3.05, 3.63) is 34.3 Å². The van der Waals surface area contributed by atoms with Crippen molar-refractivity contribution in [1.82, 2.24) is 0 Å². The number of benzene rings is 1. The van der Waals surface area contributed by atoms with Crippen molar-refractivity contribution in [3.63, 3.8) is 0 Å². The molecule has 1 fully saturated rings. The molecule has 1 aromatic rings. The SMILES string of the molecule is O=C=NCc1ccc(C2CCOC2)c(Cl)c1. The summed E-state index contributed by atoms with van der Waals surface area (Å²) in [6, 6.07) is 5.80. The van der Waals surface area contributed by atoms with Crippen molar-refractivity contribution in [2.24, 2.45) is 4.99 Å². The maximum Gasteiger partial charge on any atom is 0.235 e. The number of halogens is 1. The third kappa shape index (κ3) is 2.50. The number of hydrogen-bond donors (Lipinski definition) is 0. The number of rotatable bonds is 3. The van der Waals surface area contributed by atoms with Crippen molar-refractivity contribution in [2.75, 3.05) is 13.2 Å². The smallest absolute Gasteiger partial charge is 0.235 e. The summed E-state index contributed by atoms with van der Waals surface area (Å²) in [5.41, 5.74) is 2.05. The third-order valence-electron chi connectivity index (χ3n) is 2.76. The molecule has 4 heteroatoms. The molecule has 0 amide bonds. The topological polar surface area (TPSA) is 38.7 Å². The molecule has 1 aliphatic rings. The van der Waals surface area contributed by atoms with Crippen LogP contribution in [-0.2, 0) is 16.1 Å². The summed E-state index contributed by atoms with van der Waals surface area (Å²) in [5, 5.41) is 0.731. The molecule has 0 aliphatic carbocycles. The van der Waals surface area contributed by atoms with E-state index in [4.69, 9.17) is 16.3 Å². The molecule has 1 saturated heterocycles. The summed E-state index contributed by atoms with van der Waals surface area (Å²) in [6.45, 7) is 1.88. The van der Waals surface area contributed by atoms with Gasteiger partial charge in [0.2, 0.25) is 6.08 Å². The first-order valence-electron chi connectivity index (χ1n) is 5.21. The molecule has 0 saturated carbocycles. The highest BCUT2D eigenvalue weighted by Crippen LogP contribution is 2.31. The zero-order chi connectivity index (χ0) is 11.4. The molecule has 0 aromatic heterocycles. The molecule has 0 N–H and O–H groups in total. The maximum absolute atomic E-state index is 10.00. The Labute approximate surface area is 99.1 Å². The van der Waals surface area contributed by atoms with Crippen LogP contribution >= 0.6 is 11.6 Å². The molecule has 0 radical (unpaired) electrons. The average molecular weight is 238 g/mol. The van der Waals surface area contributed by atoms with Crippen molar-refractivity contribution in [2.45, 2.75) is 18.9 Å². The third-order valence-corrected chi connectivity index (χ3v) is 3.09. The lowest BCUT2D eigenvalue weighted by molar-refractivity contribution is 0.194. The molecule has 1 aromatic carbocycles. The number of hydrogen-bond acceptors (Lipinski definition) is 3. The van der Waals surface area contributed by atoms with Crippen LogP contribution in [-0.4, -0.2) is 19.3 Å². The minimum absolute atomic E-state index is 0.338. The quantitative estimate of drug-likeness (QED) is 0.599. The summed E-state index contributed by atoms with van der Waals surface area (Å²) in [7, 11) is 0. The monoisotopic (exact) mass is 237 g/mol. The van der Waals surface area contributed by atoms with Crippen LogP contribution in [0.15, 0.2) is 23.2 Å². The second kappa shape index (κ2) is 5.26. The van der Waals surface area contributed by atoms with Gasteiger partial charge in [0.25, 0.3) is 0 Å². The summed E-state index contributed by atoms with van der Waals surface area (Å²) >= 11 is 6.19. The Hall–Kier alpha value is -1.15. The minimum atomic E-state index is 0.338. The van der Waals surface area contributed by atoms with Gasteiger partial charge in [-0.3, -0.25) is 0 Å². The van der Waals surface area contributed by atoms with E-state index in [2.05, 4.69) is 4.99 Å². The zero-order valence-electron chi connectivity index (χ0n) is 8.78. The van der Waals surface area contributed by atoms with Gasteiger partial charge >= 0.3 is 0 Å². The highest BCUT2D eigenvalue weighted by molar-refractivity contribution is 6.31. The van der Waals surface area contributed by atoms with E-state index in [1.54, 1.807) is 0 Å². The summed E-state index contributed by atoms with van der Waals surface area (Å²) in [5.74, 6) is 0.399. The predicted octanol–water partition coefficient (Wildman–Crippen LogP) is 2.68. The second-order valence-electron chi connectivity index (χ2n) is 3.82. The maximum atomic E-state index is 10.00. The van der Waals surface area contributed by atoms with E-state index in [0.29, 0.717) is 12.5 Å². The molecule has 84 valence electrons. The second-order valence-corrected chi connectivity index (χ2v) is 4.23. The van der Waals surface area contributed by atoms with Gasteiger partial charge < -0.3 is 4.74 Å². The Bertz CT molecular complexity index is 421. The van der Waals surface area contributed by atoms with E-state index in [0.717, 1.165) is 35.8 Å². The molecule has 0 bridgehead atoms. The molecule has 0 spiro atoms. The van der Waals surface area contributed by atoms with Crippen molar-refractivity contribution in [3.8, 4) is 0 Å². The van der Waals surface area contributed by atoms with E-state index in [9.17, 15) is 4.79 Å². The first-order valence-corrected chi connectivity index (χ1v) is 5.59. The van der Waals surface area contributed by atoms with Gasteiger partial charge in [-0.25, -0.2) is 9.79 Å². The van der Waals surface area contributed by atoms with Crippen LogP contribution in [0.1, 0.15) is 23.5 Å². The Balaban J connectivity index is 2.18. The van der Waals surface area contributed by atoms with E-state index < -0.39 is 0 Å². The Morgan fingerprint density at radius 1 is 1.56 bits per heavy atom. The molecule has 1 aliphatic heterocycles. The molecular formula is C12H12ClNO2. The molecule has 1 unspecified atom stereocenters. The number of ether oxygens (including phenoxy) is 1. The normalized spacial score (nSPS) is 19.4. The molecule has 3 nitrogen and oxygen atoms in total. The first kappa shape index (κ1) is 11.3. The molecule has 1 heterocycles. The molecule has 16 heavy (non-hydrogen) atoms. The number of nitrogens with zero attached hydrogens (tertiary/aromatic N) is 1. The lowest BCUT2D eigenvalue weighted by Gasteiger charge is -2.10. The average Bonchev–Trinajstić information content (AvgIpc) is 2.80. The van der Waals surface area contributed by atoms with Crippen LogP contribution in [0.3, 0.4) is 0 Å². The molecule has 1 atom stereocenters. The van der Waals surface area contributed by atoms with Crippen molar-refractivity contribution < 1.29 is 9.53 Å². The van der Waals surface area contributed by atoms with Gasteiger partial charge in [-0.2, -0.15) is 0 Å². The lowest BCUT2D eigenvalue weighted by Crippen LogP contribution is -1.99. The Morgan fingerprint density at radius 3 is 3.06 bits per heavy atom.